The molecule has 5 atom stereocenters. The second kappa shape index (κ2) is 18.4. The Hall–Kier alpha value is -6.80. The molecule has 336 valence electrons. The summed E-state index contributed by atoms with van der Waals surface area (Å²) in [6, 6.07) is 25.9. The fourth-order valence-electron chi connectivity index (χ4n) is 9.63. The molecule has 14 heteroatoms. The molecule has 1 saturated carbocycles. The smallest absolute Gasteiger partial charge is 0.407 e. The van der Waals surface area contributed by atoms with Gasteiger partial charge in [-0.3, -0.25) is 14.4 Å². The molecule has 2 aliphatic heterocycles. The van der Waals surface area contributed by atoms with Crippen LogP contribution in [-0.2, 0) is 23.9 Å². The Morgan fingerprint density at radius 2 is 1.58 bits per heavy atom. The minimum atomic E-state index is -0.849. The number of nitrogens with one attached hydrogen (secondary N) is 4. The van der Waals surface area contributed by atoms with E-state index in [9.17, 15) is 19.2 Å². The summed E-state index contributed by atoms with van der Waals surface area (Å²) < 4.78 is 10.4. The fraction of sp³-hybridized carbons (Fsp3) is 0.373. The van der Waals surface area contributed by atoms with Crippen LogP contribution in [0.4, 0.5) is 4.79 Å². The summed E-state index contributed by atoms with van der Waals surface area (Å²) in [5.41, 5.74) is 7.11. The number of aromatic nitrogens is 4. The van der Waals surface area contributed by atoms with Gasteiger partial charge in [-0.15, -0.1) is 0 Å². The van der Waals surface area contributed by atoms with E-state index in [0.717, 1.165) is 87.4 Å². The van der Waals surface area contributed by atoms with Gasteiger partial charge in [-0.05, 0) is 76.9 Å². The van der Waals surface area contributed by atoms with Crippen LogP contribution in [0.3, 0.4) is 0 Å². The number of amides is 4. The normalized spacial score (nSPS) is 19.7. The number of rotatable bonds is 13. The maximum absolute atomic E-state index is 14.7. The van der Waals surface area contributed by atoms with Crippen LogP contribution in [0.2, 0.25) is 0 Å². The zero-order valence-corrected chi connectivity index (χ0v) is 37.3. The van der Waals surface area contributed by atoms with E-state index < -0.39 is 24.2 Å². The van der Waals surface area contributed by atoms with E-state index in [1.54, 1.807) is 18.2 Å². The lowest BCUT2D eigenvalue weighted by Gasteiger charge is -2.31. The number of aromatic amines is 2. The third-order valence-electron chi connectivity index (χ3n) is 13.5. The first-order valence-corrected chi connectivity index (χ1v) is 22.6. The molecule has 0 unspecified atom stereocenters. The summed E-state index contributed by atoms with van der Waals surface area (Å²) in [6.07, 6.45) is 5.48. The van der Waals surface area contributed by atoms with E-state index in [0.29, 0.717) is 31.3 Å². The average molecular weight is 877 g/mol. The van der Waals surface area contributed by atoms with Gasteiger partial charge in [0.1, 0.15) is 29.8 Å². The highest BCUT2D eigenvalue weighted by Crippen LogP contribution is 2.42. The van der Waals surface area contributed by atoms with Gasteiger partial charge in [-0.1, -0.05) is 99.6 Å². The molecule has 0 bridgehead atoms. The van der Waals surface area contributed by atoms with Gasteiger partial charge in [0.25, 0.3) is 5.91 Å². The Morgan fingerprint density at radius 3 is 2.29 bits per heavy atom. The average Bonchev–Trinajstić information content (AvgIpc) is 4.13. The molecule has 0 radical (unpaired) electrons. The number of hydrogen-bond donors (Lipinski definition) is 4. The van der Waals surface area contributed by atoms with Crippen molar-refractivity contribution in [1.82, 2.24) is 40.4 Å². The number of fused-ring (bicyclic) bond motifs is 3. The second-order valence-corrected chi connectivity index (χ2v) is 17.9. The summed E-state index contributed by atoms with van der Waals surface area (Å²) in [5.74, 6) is 0.589. The number of carbonyl (C=O) groups is 4. The third kappa shape index (κ3) is 8.50. The minimum Gasteiger partial charge on any atom is -0.453 e. The van der Waals surface area contributed by atoms with Gasteiger partial charge >= 0.3 is 6.09 Å². The molecule has 65 heavy (non-hydrogen) atoms. The highest BCUT2D eigenvalue weighted by molar-refractivity contribution is 6.05. The van der Waals surface area contributed by atoms with Crippen LogP contribution in [0, 0.1) is 17.8 Å². The molecule has 4 N–H and O–H groups in total. The van der Waals surface area contributed by atoms with Crippen LogP contribution >= 0.6 is 0 Å². The van der Waals surface area contributed by atoms with E-state index in [-0.39, 0.29) is 41.5 Å². The number of alkyl carbamates (subject to hydrolysis) is 1. The maximum Gasteiger partial charge on any atom is 0.407 e. The first-order chi connectivity index (χ1) is 31.5. The number of likely N-dealkylation sites (tertiary alicyclic amines) is 2. The van der Waals surface area contributed by atoms with E-state index in [2.05, 4.69) is 75.7 Å². The monoisotopic (exact) mass is 876 g/mol. The van der Waals surface area contributed by atoms with Crippen LogP contribution in [0.5, 0.6) is 0 Å². The van der Waals surface area contributed by atoms with Gasteiger partial charge in [0.05, 0.1) is 42.7 Å². The number of nitrogens with zero attached hydrogens (tertiary/aromatic N) is 4. The molecule has 9 rings (SSSR count). The van der Waals surface area contributed by atoms with Crippen molar-refractivity contribution in [2.24, 2.45) is 17.8 Å². The van der Waals surface area contributed by atoms with E-state index in [1.165, 1.54) is 7.11 Å². The summed E-state index contributed by atoms with van der Waals surface area (Å²) in [7, 11) is 2.94. The van der Waals surface area contributed by atoms with Crippen LogP contribution in [0.15, 0.2) is 103 Å². The molecule has 2 aromatic heterocycles. The molecule has 2 saturated heterocycles. The Balaban J connectivity index is 0.947. The summed E-state index contributed by atoms with van der Waals surface area (Å²) in [4.78, 5) is 74.2. The Bertz CT molecular complexity index is 2740. The lowest BCUT2D eigenvalue weighted by atomic mass is 9.84. The molecule has 6 aromatic rings. The molecule has 4 aromatic carbocycles. The van der Waals surface area contributed by atoms with Crippen molar-refractivity contribution in [3.8, 4) is 22.4 Å². The van der Waals surface area contributed by atoms with Crippen LogP contribution in [0.1, 0.15) is 81.3 Å². The van der Waals surface area contributed by atoms with Crippen molar-refractivity contribution in [2.75, 3.05) is 33.9 Å². The SMILES string of the molecule is C=C1[C@H](COC)CN(C(=O)[C@H](NC(=O)C2CCC2)c2ccccc2)[C@@H]1c1nc2c(ccc3cc(-c4ccc(-c5cnc([C@@H]6CCCN6C(=O)[C@@H](NC(=O)OC)C(C)C)[nH]5)cc4)ccc32)[nH]1. The van der Waals surface area contributed by atoms with Crippen molar-refractivity contribution < 1.29 is 28.7 Å². The highest BCUT2D eigenvalue weighted by atomic mass is 16.5. The lowest BCUT2D eigenvalue weighted by molar-refractivity contribution is -0.139. The summed E-state index contributed by atoms with van der Waals surface area (Å²) >= 11 is 0. The van der Waals surface area contributed by atoms with Crippen molar-refractivity contribution in [3.63, 3.8) is 0 Å². The van der Waals surface area contributed by atoms with E-state index >= 15 is 0 Å². The maximum atomic E-state index is 14.7. The number of methoxy groups -OCH3 is 2. The molecule has 14 nitrogen and oxygen atoms in total. The fourth-order valence-corrected chi connectivity index (χ4v) is 9.63. The standard InChI is InChI=1S/C51H56N8O6/c1-29(2)42(57-51(63)65-5)49(61)58-24-10-15-41(58)46-52-26-40(54-46)32-18-16-31(17-19-32)35-20-22-38-36(25-35)21-23-39-44(38)55-47(53-39)45-30(3)37(28-64-4)27-59(45)50(62)43(33-11-7-6-8-12-33)56-48(60)34-13-9-14-34/h6-8,11-12,16-23,25-26,29,34,37,41-43,45H,3,9-10,13-15,24,27-28H2,1-2,4-5H3,(H,52,54)(H,53,55)(H,56,60)(H,57,63)/t37-,41-,42-,43+,45-/m0/s1. The third-order valence-corrected chi connectivity index (χ3v) is 13.5. The molecular weight excluding hydrogens is 821 g/mol. The van der Waals surface area contributed by atoms with E-state index in [1.807, 2.05) is 55.1 Å². The molecule has 3 aliphatic rings. The molecule has 0 spiro atoms. The van der Waals surface area contributed by atoms with E-state index in [4.69, 9.17) is 19.4 Å². The molecule has 4 heterocycles. The summed E-state index contributed by atoms with van der Waals surface area (Å²) in [5, 5.41) is 7.80. The Labute approximate surface area is 378 Å². The quantitative estimate of drug-likeness (QED) is 0.0841. The van der Waals surface area contributed by atoms with Gasteiger partial charge in [-0.2, -0.15) is 0 Å². The highest BCUT2D eigenvalue weighted by Gasteiger charge is 2.44. The Kier molecular flexibility index (Phi) is 12.3. The van der Waals surface area contributed by atoms with Gasteiger partial charge in [-0.25, -0.2) is 14.8 Å². The molecule has 1 aliphatic carbocycles. The number of ether oxygens (including phenoxy) is 2. The van der Waals surface area contributed by atoms with Crippen molar-refractivity contribution >= 4 is 45.6 Å². The van der Waals surface area contributed by atoms with Gasteiger partial charge in [0.15, 0.2) is 0 Å². The predicted octanol–water partition coefficient (Wildman–Crippen LogP) is 8.18. The topological polar surface area (TPSA) is 175 Å². The van der Waals surface area contributed by atoms with Gasteiger partial charge in [0, 0.05) is 37.4 Å². The van der Waals surface area contributed by atoms with Gasteiger partial charge < -0.3 is 39.9 Å². The van der Waals surface area contributed by atoms with Gasteiger partial charge in [0.2, 0.25) is 11.8 Å². The van der Waals surface area contributed by atoms with Crippen LogP contribution in [-0.4, -0.2) is 93.5 Å². The lowest BCUT2D eigenvalue weighted by Crippen LogP contribution is -2.51. The molecule has 4 amide bonds. The Morgan fingerprint density at radius 1 is 0.831 bits per heavy atom. The van der Waals surface area contributed by atoms with Crippen molar-refractivity contribution in [3.05, 3.63) is 120 Å². The van der Waals surface area contributed by atoms with Crippen molar-refractivity contribution in [1.29, 1.82) is 0 Å². The number of imidazole rings is 2. The van der Waals surface area contributed by atoms with Crippen molar-refractivity contribution in [2.45, 2.75) is 70.1 Å². The molecule has 3 fully saturated rings. The zero-order chi connectivity index (χ0) is 45.4. The zero-order valence-electron chi connectivity index (χ0n) is 37.3. The summed E-state index contributed by atoms with van der Waals surface area (Å²) in [6.45, 7) is 9.66. The first-order valence-electron chi connectivity index (χ1n) is 22.6. The number of benzene rings is 4. The van der Waals surface area contributed by atoms with Crippen LogP contribution in [0.25, 0.3) is 44.2 Å². The minimum absolute atomic E-state index is 0.0720. The number of hydrogen-bond acceptors (Lipinski definition) is 8. The number of H-pyrrole nitrogens is 2. The predicted molar refractivity (Wildman–Crippen MR) is 248 cm³/mol. The van der Waals surface area contributed by atoms with Crippen LogP contribution < -0.4 is 10.6 Å². The molecular formula is C51H56N8O6. The number of carbonyl (C=O) groups excluding carboxylic acids is 4. The second-order valence-electron chi connectivity index (χ2n) is 17.9. The first kappa shape index (κ1) is 43.5. The largest absolute Gasteiger partial charge is 0.453 e.